The molecular formula is C24H21NO2. The van der Waals surface area contributed by atoms with E-state index in [4.69, 9.17) is 0 Å². The summed E-state index contributed by atoms with van der Waals surface area (Å²) in [5.41, 5.74) is 0.685. The van der Waals surface area contributed by atoms with E-state index in [1.165, 1.54) is 0 Å². The van der Waals surface area contributed by atoms with Gasteiger partial charge in [0.25, 0.3) is 0 Å². The van der Waals surface area contributed by atoms with Gasteiger partial charge in [-0.2, -0.15) is 5.26 Å². The van der Waals surface area contributed by atoms with Crippen LogP contribution < -0.4 is 0 Å². The molecule has 0 N–H and O–H groups in total. The maximum atomic E-state index is 13.6. The van der Waals surface area contributed by atoms with Crippen LogP contribution >= 0.6 is 0 Å². The summed E-state index contributed by atoms with van der Waals surface area (Å²) in [7, 11) is 0. The molecule has 0 heterocycles. The Hall–Kier alpha value is -2.99. The zero-order valence-corrected chi connectivity index (χ0v) is 15.1. The lowest BCUT2D eigenvalue weighted by Crippen LogP contribution is -2.42. The molecule has 0 amide bonds. The summed E-state index contributed by atoms with van der Waals surface area (Å²) in [4.78, 5) is 27.2. The second-order valence-electron chi connectivity index (χ2n) is 7.51. The third kappa shape index (κ3) is 2.40. The molecule has 3 nitrogen and oxygen atoms in total. The number of ketones is 2. The fourth-order valence-corrected chi connectivity index (χ4v) is 5.06. The summed E-state index contributed by atoms with van der Waals surface area (Å²) >= 11 is 0. The molecule has 0 aliphatic heterocycles. The van der Waals surface area contributed by atoms with Gasteiger partial charge in [-0.1, -0.05) is 67.1 Å². The third-order valence-electron chi connectivity index (χ3n) is 6.30. The predicted molar refractivity (Wildman–Crippen MR) is 103 cm³/mol. The van der Waals surface area contributed by atoms with E-state index in [2.05, 4.69) is 12.6 Å². The number of hydrogen-bond donors (Lipinski definition) is 0. The Morgan fingerprint density at radius 3 is 2.15 bits per heavy atom. The third-order valence-corrected chi connectivity index (χ3v) is 6.30. The number of benzene rings is 2. The maximum Gasteiger partial charge on any atom is 0.178 e. The van der Waals surface area contributed by atoms with Gasteiger partial charge in [-0.15, -0.1) is 6.58 Å². The van der Waals surface area contributed by atoms with E-state index in [-0.39, 0.29) is 17.5 Å². The van der Waals surface area contributed by atoms with Gasteiger partial charge in [0.2, 0.25) is 0 Å². The van der Waals surface area contributed by atoms with Gasteiger partial charge in [-0.05, 0) is 24.3 Å². The van der Waals surface area contributed by atoms with Crippen LogP contribution in [0.5, 0.6) is 0 Å². The Bertz CT molecular complexity index is 919. The molecule has 3 atom stereocenters. The van der Waals surface area contributed by atoms with Crippen LogP contribution in [0.1, 0.15) is 51.5 Å². The Labute approximate surface area is 159 Å². The molecule has 134 valence electrons. The average molecular weight is 355 g/mol. The first-order valence-corrected chi connectivity index (χ1v) is 9.41. The lowest BCUT2D eigenvalue weighted by atomic mass is 9.61. The number of nitrogens with zero attached hydrogens (tertiary/aromatic N) is 1. The summed E-state index contributed by atoms with van der Waals surface area (Å²) in [5, 5.41) is 10.1. The fraction of sp³-hybridized carbons (Fsp3) is 0.292. The molecule has 2 aromatic rings. The van der Waals surface area contributed by atoms with Crippen LogP contribution in [0.25, 0.3) is 0 Å². The van der Waals surface area contributed by atoms with Crippen molar-refractivity contribution in [2.24, 2.45) is 17.3 Å². The number of carbonyl (C=O) groups excluding carboxylic acids is 2. The van der Waals surface area contributed by atoms with Crippen LogP contribution in [0.15, 0.2) is 67.3 Å². The van der Waals surface area contributed by atoms with Gasteiger partial charge in [-0.3, -0.25) is 9.59 Å². The van der Waals surface area contributed by atoms with Gasteiger partial charge in [0.1, 0.15) is 5.41 Å². The van der Waals surface area contributed by atoms with Crippen molar-refractivity contribution in [3.05, 3.63) is 83.9 Å². The van der Waals surface area contributed by atoms with Crippen molar-refractivity contribution in [2.45, 2.75) is 25.2 Å². The highest BCUT2D eigenvalue weighted by Crippen LogP contribution is 2.56. The Morgan fingerprint density at radius 1 is 1.00 bits per heavy atom. The minimum Gasteiger partial charge on any atom is -0.293 e. The van der Waals surface area contributed by atoms with Crippen LogP contribution in [0.2, 0.25) is 0 Å². The van der Waals surface area contributed by atoms with E-state index in [0.717, 1.165) is 18.4 Å². The predicted octanol–water partition coefficient (Wildman–Crippen LogP) is 4.96. The molecule has 0 radical (unpaired) electrons. The van der Waals surface area contributed by atoms with Crippen LogP contribution in [0, 0.1) is 28.6 Å². The van der Waals surface area contributed by atoms with E-state index in [9.17, 15) is 14.9 Å². The lowest BCUT2D eigenvalue weighted by molar-refractivity contribution is 0.0609. The SMILES string of the molecule is C=C[C@H]1CCCC2(C(=O)c3ccccc3C2=O)[C@H](c2ccccc2)[C@H]1C#N. The highest BCUT2D eigenvalue weighted by atomic mass is 16.2. The Morgan fingerprint density at radius 2 is 1.59 bits per heavy atom. The molecule has 1 spiro atoms. The molecule has 0 aromatic heterocycles. The normalized spacial score (nSPS) is 26.3. The van der Waals surface area contributed by atoms with Crippen molar-refractivity contribution in [2.75, 3.05) is 0 Å². The summed E-state index contributed by atoms with van der Waals surface area (Å²) in [6, 6.07) is 19.1. The first kappa shape index (κ1) is 17.4. The number of fused-ring (bicyclic) bond motifs is 1. The number of nitriles is 1. The molecule has 1 fully saturated rings. The molecule has 4 rings (SSSR count). The first-order valence-electron chi connectivity index (χ1n) is 9.41. The first-order chi connectivity index (χ1) is 13.1. The molecule has 1 saturated carbocycles. The van der Waals surface area contributed by atoms with E-state index >= 15 is 0 Å². The molecule has 0 saturated heterocycles. The van der Waals surface area contributed by atoms with Crippen LogP contribution in [0.4, 0.5) is 0 Å². The van der Waals surface area contributed by atoms with Crippen molar-refractivity contribution in [3.8, 4) is 6.07 Å². The largest absolute Gasteiger partial charge is 0.293 e. The topological polar surface area (TPSA) is 57.9 Å². The highest BCUT2D eigenvalue weighted by Gasteiger charge is 2.60. The number of rotatable bonds is 2. The van der Waals surface area contributed by atoms with Crippen LogP contribution in [-0.2, 0) is 0 Å². The quantitative estimate of drug-likeness (QED) is 0.565. The van der Waals surface area contributed by atoms with Gasteiger partial charge in [0.05, 0.1) is 12.0 Å². The van der Waals surface area contributed by atoms with Gasteiger partial charge < -0.3 is 0 Å². The molecule has 27 heavy (non-hydrogen) atoms. The number of Topliss-reactive ketones (excluding diaryl/α,β-unsaturated/α-hetero) is 2. The second-order valence-corrected chi connectivity index (χ2v) is 7.51. The lowest BCUT2D eigenvalue weighted by Gasteiger charge is -2.37. The molecule has 0 bridgehead atoms. The van der Waals surface area contributed by atoms with Crippen molar-refractivity contribution >= 4 is 11.6 Å². The molecule has 2 aromatic carbocycles. The van der Waals surface area contributed by atoms with Crippen molar-refractivity contribution in [1.29, 1.82) is 5.26 Å². The smallest absolute Gasteiger partial charge is 0.178 e. The number of allylic oxidation sites excluding steroid dienone is 1. The molecule has 2 aliphatic rings. The monoisotopic (exact) mass is 355 g/mol. The molecular weight excluding hydrogens is 334 g/mol. The fourth-order valence-electron chi connectivity index (χ4n) is 5.06. The number of hydrogen-bond acceptors (Lipinski definition) is 3. The van der Waals surface area contributed by atoms with Crippen LogP contribution in [0.3, 0.4) is 0 Å². The maximum absolute atomic E-state index is 13.6. The minimum absolute atomic E-state index is 0.0381. The summed E-state index contributed by atoms with van der Waals surface area (Å²) in [6.45, 7) is 3.92. The minimum atomic E-state index is -1.19. The van der Waals surface area contributed by atoms with Gasteiger partial charge in [0.15, 0.2) is 11.6 Å². The van der Waals surface area contributed by atoms with E-state index in [1.54, 1.807) is 24.3 Å². The number of carbonyl (C=O) groups is 2. The highest BCUT2D eigenvalue weighted by molar-refractivity contribution is 6.30. The Kier molecular flexibility index (Phi) is 4.28. The average Bonchev–Trinajstić information content (AvgIpc) is 2.85. The van der Waals surface area contributed by atoms with Crippen LogP contribution in [-0.4, -0.2) is 11.6 Å². The summed E-state index contributed by atoms with van der Waals surface area (Å²) < 4.78 is 0. The van der Waals surface area contributed by atoms with Gasteiger partial charge in [0, 0.05) is 17.0 Å². The zero-order valence-electron chi connectivity index (χ0n) is 15.1. The molecule has 2 aliphatic carbocycles. The second kappa shape index (κ2) is 6.63. The van der Waals surface area contributed by atoms with E-state index in [0.29, 0.717) is 17.5 Å². The molecule has 3 heteroatoms. The zero-order chi connectivity index (χ0) is 19.0. The summed E-state index contributed by atoms with van der Waals surface area (Å²) in [5.74, 6) is -1.22. The van der Waals surface area contributed by atoms with Crippen molar-refractivity contribution in [1.82, 2.24) is 0 Å². The van der Waals surface area contributed by atoms with Gasteiger partial charge in [-0.25, -0.2) is 0 Å². The van der Waals surface area contributed by atoms with E-state index in [1.807, 2.05) is 36.4 Å². The summed E-state index contributed by atoms with van der Waals surface area (Å²) in [6.07, 6.45) is 3.79. The van der Waals surface area contributed by atoms with Crippen molar-refractivity contribution in [3.63, 3.8) is 0 Å². The Balaban J connectivity index is 1.98. The van der Waals surface area contributed by atoms with Crippen molar-refractivity contribution < 1.29 is 9.59 Å². The van der Waals surface area contributed by atoms with Gasteiger partial charge >= 0.3 is 0 Å². The van der Waals surface area contributed by atoms with E-state index < -0.39 is 17.3 Å². The standard InChI is InChI=1S/C24H21NO2/c1-2-16-11-8-14-24(21(20(16)15-25)17-9-4-3-5-10-17)22(26)18-12-6-7-13-19(18)23(24)27/h2-7,9-10,12-13,16,20-21H,1,8,11,14H2/t16-,20-,21+/m0/s1. The molecule has 0 unspecified atom stereocenters.